The van der Waals surface area contributed by atoms with Crippen molar-refractivity contribution in [3.05, 3.63) is 108 Å². The normalized spacial score (nSPS) is 15.2. The van der Waals surface area contributed by atoms with Crippen LogP contribution in [0.15, 0.2) is 91.0 Å². The molecule has 0 saturated carbocycles. The van der Waals surface area contributed by atoms with Gasteiger partial charge in [0.1, 0.15) is 0 Å². The molecule has 2 N–H and O–H groups in total. The molecule has 5 nitrogen and oxygen atoms in total. The molecular weight excluding hydrogens is 460 g/mol. The van der Waals surface area contributed by atoms with Gasteiger partial charge >= 0.3 is 0 Å². The number of hydrogen-bond donors (Lipinski definition) is 2. The topological polar surface area (TPSA) is 54.0 Å². The van der Waals surface area contributed by atoms with Gasteiger partial charge in [-0.15, -0.1) is 0 Å². The van der Waals surface area contributed by atoms with E-state index >= 15 is 0 Å². The van der Waals surface area contributed by atoms with Crippen LogP contribution < -0.4 is 5.32 Å². The van der Waals surface area contributed by atoms with E-state index in [1.54, 1.807) is 0 Å². The van der Waals surface area contributed by atoms with E-state index in [0.717, 1.165) is 52.5 Å². The third-order valence-corrected chi connectivity index (χ3v) is 6.31. The number of hydrogen-bond acceptors (Lipinski definition) is 5. The zero-order chi connectivity index (χ0) is 26.1. The smallest absolute Gasteiger partial charge is 0.0822 e. The Balaban J connectivity index is 0.000000555. The van der Waals surface area contributed by atoms with Crippen molar-refractivity contribution in [2.75, 3.05) is 39.5 Å². The fourth-order valence-electron chi connectivity index (χ4n) is 4.39. The maximum absolute atomic E-state index is 11.3. The Morgan fingerprint density at radius 2 is 1.11 bits per heavy atom. The minimum atomic E-state index is -0.466. The van der Waals surface area contributed by atoms with Crippen LogP contribution in [0.3, 0.4) is 0 Å². The highest BCUT2D eigenvalue weighted by atomic mass is 16.6. The van der Waals surface area contributed by atoms with Crippen molar-refractivity contribution in [3.63, 3.8) is 0 Å². The first-order valence-corrected chi connectivity index (χ1v) is 13.5. The maximum atomic E-state index is 11.3. The molecule has 1 aliphatic heterocycles. The molecule has 0 radical (unpaired) electrons. The Morgan fingerprint density at radius 3 is 1.51 bits per heavy atom. The Bertz CT molecular complexity index is 897. The average molecular weight is 505 g/mol. The molecule has 1 aliphatic rings. The first kappa shape index (κ1) is 29.0. The standard InChI is InChI=1S/C28H36N2O.C4H8O2/c1-23(2)19-29-20-28(31)27(18-24-12-6-3-7-13-24)30(21-25-14-8-4-9-15-25)22-26-16-10-5-11-17-26;1-2-6-4-3-5-1/h3-17,23,27-29,31H,18-22H2,1-2H3;1-4H2. The second-order valence-corrected chi connectivity index (χ2v) is 9.98. The van der Waals surface area contributed by atoms with E-state index in [0.29, 0.717) is 12.5 Å². The maximum Gasteiger partial charge on any atom is 0.0822 e. The van der Waals surface area contributed by atoms with Crippen molar-refractivity contribution in [1.29, 1.82) is 0 Å². The third-order valence-electron chi connectivity index (χ3n) is 6.31. The minimum absolute atomic E-state index is 0.00229. The van der Waals surface area contributed by atoms with Crippen LogP contribution in [0.2, 0.25) is 0 Å². The monoisotopic (exact) mass is 504 g/mol. The molecule has 2 atom stereocenters. The molecule has 5 heteroatoms. The molecule has 1 heterocycles. The van der Waals surface area contributed by atoms with Crippen molar-refractivity contribution in [2.24, 2.45) is 5.92 Å². The summed E-state index contributed by atoms with van der Waals surface area (Å²) in [5, 5.41) is 14.8. The van der Waals surface area contributed by atoms with Gasteiger partial charge in [-0.1, -0.05) is 105 Å². The summed E-state index contributed by atoms with van der Waals surface area (Å²) in [5.74, 6) is 0.560. The highest BCUT2D eigenvalue weighted by Crippen LogP contribution is 2.19. The summed E-state index contributed by atoms with van der Waals surface area (Å²) < 4.78 is 9.89. The van der Waals surface area contributed by atoms with Crippen molar-refractivity contribution in [2.45, 2.75) is 45.5 Å². The van der Waals surface area contributed by atoms with Crippen molar-refractivity contribution < 1.29 is 14.6 Å². The Morgan fingerprint density at radius 1 is 0.676 bits per heavy atom. The summed E-state index contributed by atoms with van der Waals surface area (Å²) in [7, 11) is 0. The minimum Gasteiger partial charge on any atom is -0.390 e. The quantitative estimate of drug-likeness (QED) is 0.366. The number of ether oxygens (including phenoxy) is 2. The summed E-state index contributed by atoms with van der Waals surface area (Å²) in [4.78, 5) is 2.43. The molecule has 0 spiro atoms. The summed E-state index contributed by atoms with van der Waals surface area (Å²) in [6, 6.07) is 31.6. The number of nitrogens with zero attached hydrogens (tertiary/aromatic N) is 1. The van der Waals surface area contributed by atoms with Crippen LogP contribution in [-0.4, -0.2) is 61.7 Å². The zero-order valence-corrected chi connectivity index (χ0v) is 22.5. The lowest BCUT2D eigenvalue weighted by atomic mass is 9.97. The summed E-state index contributed by atoms with van der Waals surface area (Å²) >= 11 is 0. The van der Waals surface area contributed by atoms with Crippen molar-refractivity contribution in [3.8, 4) is 0 Å². The Hall–Kier alpha value is -2.54. The van der Waals surface area contributed by atoms with Crippen LogP contribution in [0.1, 0.15) is 30.5 Å². The summed E-state index contributed by atoms with van der Waals surface area (Å²) in [5.41, 5.74) is 3.78. The average Bonchev–Trinajstić information content (AvgIpc) is 2.94. The van der Waals surface area contributed by atoms with Crippen molar-refractivity contribution in [1.82, 2.24) is 10.2 Å². The van der Waals surface area contributed by atoms with Gasteiger partial charge in [0.15, 0.2) is 0 Å². The van der Waals surface area contributed by atoms with Crippen LogP contribution in [0.4, 0.5) is 0 Å². The van der Waals surface area contributed by atoms with E-state index in [9.17, 15) is 5.11 Å². The summed E-state index contributed by atoms with van der Waals surface area (Å²) in [6.45, 7) is 10.6. The number of aliphatic hydroxyl groups is 1. The predicted octanol–water partition coefficient (Wildman–Crippen LogP) is 4.94. The molecule has 3 aromatic rings. The first-order chi connectivity index (χ1) is 18.1. The van der Waals surface area contributed by atoms with Gasteiger partial charge in [-0.05, 0) is 35.6 Å². The van der Waals surface area contributed by atoms with Crippen LogP contribution in [-0.2, 0) is 29.0 Å². The van der Waals surface area contributed by atoms with Crippen LogP contribution >= 0.6 is 0 Å². The largest absolute Gasteiger partial charge is 0.390 e. The highest BCUT2D eigenvalue weighted by molar-refractivity contribution is 5.20. The lowest BCUT2D eigenvalue weighted by Crippen LogP contribution is -2.48. The Labute approximate surface area is 223 Å². The molecule has 1 fully saturated rings. The second-order valence-electron chi connectivity index (χ2n) is 9.98. The fourth-order valence-corrected chi connectivity index (χ4v) is 4.39. The lowest BCUT2D eigenvalue weighted by Gasteiger charge is -2.36. The predicted molar refractivity (Wildman–Crippen MR) is 151 cm³/mol. The van der Waals surface area contributed by atoms with E-state index < -0.39 is 6.10 Å². The number of nitrogens with one attached hydrogen (secondary N) is 1. The molecule has 3 aromatic carbocycles. The van der Waals surface area contributed by atoms with Crippen LogP contribution in [0.5, 0.6) is 0 Å². The highest BCUT2D eigenvalue weighted by Gasteiger charge is 2.27. The molecule has 2 unspecified atom stereocenters. The van der Waals surface area contributed by atoms with Gasteiger partial charge in [0.05, 0.1) is 32.5 Å². The molecule has 0 amide bonds. The van der Waals surface area contributed by atoms with Gasteiger partial charge < -0.3 is 19.9 Å². The lowest BCUT2D eigenvalue weighted by molar-refractivity contribution is -0.0334. The van der Waals surface area contributed by atoms with E-state index in [1.165, 1.54) is 16.7 Å². The number of rotatable bonds is 12. The molecule has 200 valence electrons. The molecule has 0 aliphatic carbocycles. The number of benzene rings is 3. The first-order valence-electron chi connectivity index (χ1n) is 13.5. The van der Waals surface area contributed by atoms with E-state index in [2.05, 4.69) is 109 Å². The van der Waals surface area contributed by atoms with Crippen LogP contribution in [0.25, 0.3) is 0 Å². The van der Waals surface area contributed by atoms with Gasteiger partial charge in [-0.2, -0.15) is 0 Å². The number of aliphatic hydroxyl groups excluding tert-OH is 1. The van der Waals surface area contributed by atoms with E-state index in [1.807, 2.05) is 6.07 Å². The van der Waals surface area contributed by atoms with Crippen LogP contribution in [0, 0.1) is 5.92 Å². The molecule has 37 heavy (non-hydrogen) atoms. The fraction of sp³-hybridized carbons (Fsp3) is 0.438. The van der Waals surface area contributed by atoms with Gasteiger partial charge in [-0.3, -0.25) is 4.90 Å². The van der Waals surface area contributed by atoms with E-state index in [4.69, 9.17) is 9.47 Å². The molecular formula is C32H44N2O3. The molecule has 0 aromatic heterocycles. The van der Waals surface area contributed by atoms with Gasteiger partial charge in [0, 0.05) is 25.7 Å². The Kier molecular flexibility index (Phi) is 13.4. The zero-order valence-electron chi connectivity index (χ0n) is 22.5. The van der Waals surface area contributed by atoms with Gasteiger partial charge in [-0.25, -0.2) is 0 Å². The SMILES string of the molecule is C1COCCO1.CC(C)CNCC(O)C(Cc1ccccc1)N(Cc1ccccc1)Cc1ccccc1. The van der Waals surface area contributed by atoms with Gasteiger partial charge in [0.25, 0.3) is 0 Å². The molecule has 1 saturated heterocycles. The molecule has 4 rings (SSSR count). The third kappa shape index (κ3) is 11.6. The summed E-state index contributed by atoms with van der Waals surface area (Å²) in [6.07, 6.45) is 0.344. The second kappa shape index (κ2) is 17.1. The van der Waals surface area contributed by atoms with E-state index in [-0.39, 0.29) is 6.04 Å². The van der Waals surface area contributed by atoms with Gasteiger partial charge in [0.2, 0.25) is 0 Å². The van der Waals surface area contributed by atoms with Crippen molar-refractivity contribution >= 4 is 0 Å². The molecule has 0 bridgehead atoms.